The number of nitrogens with one attached hydrogen (secondary N) is 1. The Morgan fingerprint density at radius 2 is 1.61 bits per heavy atom. The van der Waals surface area contributed by atoms with Gasteiger partial charge in [0.1, 0.15) is 0 Å². The summed E-state index contributed by atoms with van der Waals surface area (Å²) in [5, 5.41) is 3.47. The Balaban J connectivity index is 1.78. The minimum absolute atomic E-state index is 0.319. The SMILES string of the molecule is O=c1nc2c(sc3ccc(Br)cc32)c(-c2cccc3c2sc2ccccc23)[nH]1. The number of H-pyrrole nitrogens is 1. The normalized spacial score (nSPS) is 11.9. The second-order valence-corrected chi connectivity index (χ2v) is 9.64. The van der Waals surface area contributed by atoms with Crippen molar-refractivity contribution in [3.05, 3.63) is 75.6 Å². The van der Waals surface area contributed by atoms with Gasteiger partial charge in [0, 0.05) is 40.3 Å². The van der Waals surface area contributed by atoms with Crippen LogP contribution in [0.5, 0.6) is 0 Å². The van der Waals surface area contributed by atoms with Gasteiger partial charge in [-0.25, -0.2) is 4.79 Å². The number of aromatic nitrogens is 2. The Kier molecular flexibility index (Phi) is 3.50. The molecule has 0 bridgehead atoms. The summed E-state index contributed by atoms with van der Waals surface area (Å²) in [7, 11) is 0. The Morgan fingerprint density at radius 1 is 0.821 bits per heavy atom. The highest BCUT2D eigenvalue weighted by Gasteiger charge is 2.17. The molecule has 0 atom stereocenters. The van der Waals surface area contributed by atoms with Crippen molar-refractivity contribution >= 4 is 79.1 Å². The van der Waals surface area contributed by atoms with Crippen LogP contribution in [0, 0.1) is 0 Å². The van der Waals surface area contributed by atoms with Gasteiger partial charge in [-0.05, 0) is 24.3 Å². The van der Waals surface area contributed by atoms with E-state index in [1.54, 1.807) is 22.7 Å². The highest BCUT2D eigenvalue weighted by Crippen LogP contribution is 2.43. The number of aromatic amines is 1. The van der Waals surface area contributed by atoms with Gasteiger partial charge in [0.05, 0.1) is 15.9 Å². The van der Waals surface area contributed by atoms with Crippen LogP contribution in [0.2, 0.25) is 0 Å². The van der Waals surface area contributed by atoms with Crippen LogP contribution in [0.25, 0.3) is 51.7 Å². The van der Waals surface area contributed by atoms with Crippen molar-refractivity contribution in [3.8, 4) is 11.3 Å². The quantitative estimate of drug-likeness (QED) is 0.287. The highest BCUT2D eigenvalue weighted by molar-refractivity contribution is 9.10. The molecule has 3 heterocycles. The van der Waals surface area contributed by atoms with E-state index in [4.69, 9.17) is 0 Å². The summed E-state index contributed by atoms with van der Waals surface area (Å²) in [6, 6.07) is 20.8. The summed E-state index contributed by atoms with van der Waals surface area (Å²) in [6.07, 6.45) is 0. The molecule has 6 heteroatoms. The average Bonchev–Trinajstić information content (AvgIpc) is 3.25. The molecule has 3 aromatic heterocycles. The summed E-state index contributed by atoms with van der Waals surface area (Å²) >= 11 is 6.96. The van der Waals surface area contributed by atoms with E-state index in [1.807, 2.05) is 12.1 Å². The number of benzene rings is 3. The van der Waals surface area contributed by atoms with Crippen molar-refractivity contribution < 1.29 is 0 Å². The van der Waals surface area contributed by atoms with E-state index in [2.05, 4.69) is 74.4 Å². The van der Waals surface area contributed by atoms with Gasteiger partial charge in [-0.3, -0.25) is 0 Å². The summed E-state index contributed by atoms with van der Waals surface area (Å²) in [6.45, 7) is 0. The second-order valence-electron chi connectivity index (χ2n) is 6.62. The molecule has 3 nitrogen and oxygen atoms in total. The van der Waals surface area contributed by atoms with Crippen molar-refractivity contribution in [2.24, 2.45) is 0 Å². The third-order valence-corrected chi connectivity index (χ3v) is 7.86. The monoisotopic (exact) mass is 462 g/mol. The van der Waals surface area contributed by atoms with Crippen molar-refractivity contribution in [1.82, 2.24) is 9.97 Å². The standard InChI is InChI=1S/C22H11BrN2OS2/c23-11-8-9-17-15(10-11)19-21(28-17)18(24-22(26)25-19)14-6-3-5-13-12-4-1-2-7-16(12)27-20(13)14/h1-10H,(H,24,25,26). The molecule has 0 radical (unpaired) electrons. The number of fused-ring (bicyclic) bond motifs is 6. The second kappa shape index (κ2) is 5.98. The first-order valence-electron chi connectivity index (χ1n) is 8.72. The minimum atomic E-state index is -0.319. The molecule has 0 saturated carbocycles. The molecule has 0 aliphatic rings. The van der Waals surface area contributed by atoms with Crippen LogP contribution in [-0.2, 0) is 0 Å². The van der Waals surface area contributed by atoms with Gasteiger partial charge in [-0.1, -0.05) is 52.3 Å². The lowest BCUT2D eigenvalue weighted by Crippen LogP contribution is -2.10. The molecular weight excluding hydrogens is 452 g/mol. The van der Waals surface area contributed by atoms with Gasteiger partial charge in [0.25, 0.3) is 0 Å². The maximum absolute atomic E-state index is 12.4. The first-order valence-corrected chi connectivity index (χ1v) is 11.1. The molecule has 0 saturated heterocycles. The van der Waals surface area contributed by atoms with E-state index >= 15 is 0 Å². The summed E-state index contributed by atoms with van der Waals surface area (Å²) in [5.41, 5.74) is 2.34. The number of hydrogen-bond donors (Lipinski definition) is 1. The summed E-state index contributed by atoms with van der Waals surface area (Å²) in [5.74, 6) is 0. The summed E-state index contributed by atoms with van der Waals surface area (Å²) < 4.78 is 5.55. The third-order valence-electron chi connectivity index (χ3n) is 4.97. The molecule has 6 aromatic rings. The number of hydrogen-bond acceptors (Lipinski definition) is 4. The van der Waals surface area contributed by atoms with Crippen molar-refractivity contribution in [2.75, 3.05) is 0 Å². The maximum Gasteiger partial charge on any atom is 0.346 e. The molecule has 0 amide bonds. The molecule has 0 unspecified atom stereocenters. The van der Waals surface area contributed by atoms with Gasteiger partial charge in [-0.15, -0.1) is 22.7 Å². The van der Waals surface area contributed by atoms with Gasteiger partial charge < -0.3 is 4.98 Å². The Hall–Kier alpha value is -2.54. The predicted octanol–water partition coefficient (Wildman–Crippen LogP) is 6.94. The van der Waals surface area contributed by atoms with Crippen LogP contribution in [0.1, 0.15) is 0 Å². The maximum atomic E-state index is 12.4. The molecule has 0 aliphatic carbocycles. The molecule has 28 heavy (non-hydrogen) atoms. The van der Waals surface area contributed by atoms with Crippen LogP contribution in [0.3, 0.4) is 0 Å². The topological polar surface area (TPSA) is 45.8 Å². The van der Waals surface area contributed by atoms with E-state index in [0.717, 1.165) is 36.0 Å². The lowest BCUT2D eigenvalue weighted by molar-refractivity contribution is 1.13. The zero-order valence-electron chi connectivity index (χ0n) is 14.3. The highest BCUT2D eigenvalue weighted by atomic mass is 79.9. The molecule has 134 valence electrons. The number of halogens is 1. The molecule has 1 N–H and O–H groups in total. The van der Waals surface area contributed by atoms with Gasteiger partial charge in [0.2, 0.25) is 0 Å². The number of thiophene rings is 2. The summed E-state index contributed by atoms with van der Waals surface area (Å²) in [4.78, 5) is 19.8. The van der Waals surface area contributed by atoms with Crippen molar-refractivity contribution in [2.45, 2.75) is 0 Å². The van der Waals surface area contributed by atoms with E-state index in [1.165, 1.54) is 20.2 Å². The molecule has 3 aromatic carbocycles. The zero-order valence-corrected chi connectivity index (χ0v) is 17.5. The molecular formula is C22H11BrN2OS2. The van der Waals surface area contributed by atoms with Crippen LogP contribution in [0.15, 0.2) is 69.9 Å². The average molecular weight is 463 g/mol. The number of nitrogens with zero attached hydrogens (tertiary/aromatic N) is 1. The van der Waals surface area contributed by atoms with Crippen LogP contribution in [0.4, 0.5) is 0 Å². The Labute approximate surface area is 175 Å². The fourth-order valence-electron chi connectivity index (χ4n) is 3.76. The van der Waals surface area contributed by atoms with Crippen molar-refractivity contribution in [1.29, 1.82) is 0 Å². The lowest BCUT2D eigenvalue weighted by Gasteiger charge is -2.04. The molecule has 0 aliphatic heterocycles. The first-order chi connectivity index (χ1) is 13.7. The Morgan fingerprint density at radius 3 is 2.54 bits per heavy atom. The van der Waals surface area contributed by atoms with Crippen LogP contribution < -0.4 is 5.69 Å². The van der Waals surface area contributed by atoms with E-state index < -0.39 is 0 Å². The van der Waals surface area contributed by atoms with Gasteiger partial charge in [0.15, 0.2) is 0 Å². The fourth-order valence-corrected chi connectivity index (χ4v) is 6.48. The van der Waals surface area contributed by atoms with Crippen LogP contribution >= 0.6 is 38.6 Å². The molecule has 0 spiro atoms. The zero-order chi connectivity index (χ0) is 18.8. The van der Waals surface area contributed by atoms with E-state index in [0.29, 0.717) is 0 Å². The van der Waals surface area contributed by atoms with Gasteiger partial charge in [-0.2, -0.15) is 4.98 Å². The smallest absolute Gasteiger partial charge is 0.304 e. The lowest BCUT2D eigenvalue weighted by atomic mass is 10.1. The third kappa shape index (κ3) is 2.32. The largest absolute Gasteiger partial charge is 0.346 e. The van der Waals surface area contributed by atoms with E-state index in [-0.39, 0.29) is 5.69 Å². The van der Waals surface area contributed by atoms with Crippen LogP contribution in [-0.4, -0.2) is 9.97 Å². The predicted molar refractivity (Wildman–Crippen MR) is 124 cm³/mol. The Bertz CT molecular complexity index is 1610. The van der Waals surface area contributed by atoms with Crippen molar-refractivity contribution in [3.63, 3.8) is 0 Å². The number of rotatable bonds is 1. The first kappa shape index (κ1) is 16.4. The molecule has 6 rings (SSSR count). The fraction of sp³-hybridized carbons (Fsp3) is 0. The van der Waals surface area contributed by atoms with Gasteiger partial charge >= 0.3 is 5.69 Å². The van der Waals surface area contributed by atoms with E-state index in [9.17, 15) is 4.79 Å². The molecule has 0 fully saturated rings. The minimum Gasteiger partial charge on any atom is -0.304 e.